The fourth-order valence-corrected chi connectivity index (χ4v) is 3.78. The van der Waals surface area contributed by atoms with Gasteiger partial charge in [-0.3, -0.25) is 0 Å². The van der Waals surface area contributed by atoms with E-state index in [2.05, 4.69) is 14.9 Å². The molecule has 1 heterocycles. The summed E-state index contributed by atoms with van der Waals surface area (Å²) in [4.78, 5) is 1.61. The molecule has 23 heavy (non-hydrogen) atoms. The Labute approximate surface area is 136 Å². The van der Waals surface area contributed by atoms with Crippen molar-refractivity contribution in [1.82, 2.24) is 19.7 Å². The summed E-state index contributed by atoms with van der Waals surface area (Å²) < 4.78 is 33.5. The van der Waals surface area contributed by atoms with Gasteiger partial charge in [0.1, 0.15) is 10.6 Å². The molecule has 0 saturated carbocycles. The van der Waals surface area contributed by atoms with Crippen LogP contribution >= 0.6 is 0 Å². The fraction of sp³-hybridized carbons (Fsp3) is 0.467. The molecule has 1 N–H and O–H groups in total. The third kappa shape index (κ3) is 4.29. The van der Waals surface area contributed by atoms with Crippen molar-refractivity contribution in [1.29, 1.82) is 0 Å². The van der Waals surface area contributed by atoms with Crippen molar-refractivity contribution in [2.24, 2.45) is 5.92 Å². The van der Waals surface area contributed by atoms with Crippen molar-refractivity contribution in [3.63, 3.8) is 0 Å². The topological polar surface area (TPSA) is 86.1 Å². The molecule has 0 aliphatic heterocycles. The molecule has 0 fully saturated rings. The van der Waals surface area contributed by atoms with Gasteiger partial charge in [0.15, 0.2) is 0 Å². The van der Waals surface area contributed by atoms with Crippen molar-refractivity contribution in [2.45, 2.75) is 38.3 Å². The summed E-state index contributed by atoms with van der Waals surface area (Å²) in [5, 5.41) is 8.07. The zero-order valence-corrected chi connectivity index (χ0v) is 14.5. The minimum atomic E-state index is -3.72. The monoisotopic (exact) mass is 338 g/mol. The average molecular weight is 338 g/mol. The number of hydrogen-bond donors (Lipinski definition) is 1. The van der Waals surface area contributed by atoms with Crippen LogP contribution in [0.2, 0.25) is 0 Å². The first-order valence-corrected chi connectivity index (χ1v) is 8.83. The van der Waals surface area contributed by atoms with Crippen LogP contribution in [0.25, 0.3) is 0 Å². The van der Waals surface area contributed by atoms with Crippen LogP contribution in [0.1, 0.15) is 19.4 Å². The smallest absolute Gasteiger partial charge is 0.244 e. The maximum absolute atomic E-state index is 12.8. The van der Waals surface area contributed by atoms with E-state index in [1.54, 1.807) is 24.5 Å². The van der Waals surface area contributed by atoms with E-state index in [1.807, 2.05) is 26.8 Å². The first-order valence-electron chi connectivity index (χ1n) is 7.34. The Morgan fingerprint density at radius 3 is 2.48 bits per heavy atom. The van der Waals surface area contributed by atoms with Crippen molar-refractivity contribution < 1.29 is 13.2 Å². The van der Waals surface area contributed by atoms with Crippen molar-refractivity contribution in [3.8, 4) is 5.75 Å². The summed E-state index contributed by atoms with van der Waals surface area (Å²) >= 11 is 0. The molecule has 0 aliphatic carbocycles. The lowest BCUT2D eigenvalue weighted by Crippen LogP contribution is -2.42. The molecule has 0 unspecified atom stereocenters. The molecule has 1 aromatic carbocycles. The number of hydrogen-bond acceptors (Lipinski definition) is 5. The van der Waals surface area contributed by atoms with Crippen LogP contribution in [-0.4, -0.2) is 36.6 Å². The first kappa shape index (κ1) is 17.4. The summed E-state index contributed by atoms with van der Waals surface area (Å²) in [5.74, 6) is 0.398. The van der Waals surface area contributed by atoms with Crippen LogP contribution in [0.4, 0.5) is 0 Å². The van der Waals surface area contributed by atoms with E-state index in [0.29, 0.717) is 12.3 Å². The summed E-state index contributed by atoms with van der Waals surface area (Å²) in [7, 11) is -2.26. The Balaban J connectivity index is 2.29. The predicted octanol–water partition coefficient (Wildman–Crippen LogP) is 1.60. The van der Waals surface area contributed by atoms with Gasteiger partial charge >= 0.3 is 0 Å². The Bertz CT molecular complexity index is 742. The summed E-state index contributed by atoms with van der Waals surface area (Å²) in [6.07, 6.45) is 3.13. The first-order chi connectivity index (χ1) is 10.8. The number of nitrogens with zero attached hydrogens (tertiary/aromatic N) is 3. The van der Waals surface area contributed by atoms with Crippen molar-refractivity contribution >= 4 is 10.0 Å². The third-order valence-corrected chi connectivity index (χ3v) is 5.06. The molecule has 0 saturated heterocycles. The zero-order chi connectivity index (χ0) is 17.0. The standard InChI is InChI=1S/C15H22N4O3S/c1-11(2)13(10-19-16-7-8-17-19)18-23(20,21)15-9-12(3)5-6-14(15)22-4/h5-9,11,13,18H,10H2,1-4H3/t13-/m0/s1. The molecule has 0 spiro atoms. The molecule has 1 aromatic heterocycles. The molecule has 7 nitrogen and oxygen atoms in total. The largest absolute Gasteiger partial charge is 0.495 e. The van der Waals surface area contributed by atoms with Crippen molar-refractivity contribution in [2.75, 3.05) is 7.11 Å². The maximum Gasteiger partial charge on any atom is 0.244 e. The quantitative estimate of drug-likeness (QED) is 0.829. The van der Waals surface area contributed by atoms with Crippen LogP contribution in [0, 0.1) is 12.8 Å². The van der Waals surface area contributed by atoms with Gasteiger partial charge in [0, 0.05) is 6.04 Å². The van der Waals surface area contributed by atoms with E-state index < -0.39 is 10.0 Å². The molecule has 1 atom stereocenters. The lowest BCUT2D eigenvalue weighted by molar-refractivity contribution is 0.360. The predicted molar refractivity (Wildman–Crippen MR) is 86.7 cm³/mol. The average Bonchev–Trinajstić information content (AvgIpc) is 2.99. The van der Waals surface area contributed by atoms with E-state index in [9.17, 15) is 8.42 Å². The number of rotatable bonds is 7. The number of aromatic nitrogens is 3. The summed E-state index contributed by atoms with van der Waals surface area (Å²) in [6.45, 7) is 6.10. The third-order valence-electron chi connectivity index (χ3n) is 3.55. The van der Waals surface area contributed by atoms with Crippen LogP contribution < -0.4 is 9.46 Å². The highest BCUT2D eigenvalue weighted by Crippen LogP contribution is 2.25. The number of methoxy groups -OCH3 is 1. The van der Waals surface area contributed by atoms with Gasteiger partial charge in [-0.15, -0.1) is 0 Å². The van der Waals surface area contributed by atoms with E-state index in [1.165, 1.54) is 11.9 Å². The van der Waals surface area contributed by atoms with Gasteiger partial charge in [-0.05, 0) is 30.5 Å². The Kier molecular flexibility index (Phi) is 5.38. The van der Waals surface area contributed by atoms with Gasteiger partial charge in [-0.25, -0.2) is 13.1 Å². The minimum absolute atomic E-state index is 0.0755. The highest BCUT2D eigenvalue weighted by Gasteiger charge is 2.26. The molecular weight excluding hydrogens is 316 g/mol. The highest BCUT2D eigenvalue weighted by molar-refractivity contribution is 7.89. The van der Waals surface area contributed by atoms with Gasteiger partial charge < -0.3 is 4.74 Å². The molecular formula is C15H22N4O3S. The van der Waals surface area contributed by atoms with E-state index in [4.69, 9.17) is 4.74 Å². The van der Waals surface area contributed by atoms with Gasteiger partial charge in [-0.2, -0.15) is 15.0 Å². The molecule has 0 aliphatic rings. The SMILES string of the molecule is COc1ccc(C)cc1S(=O)(=O)N[C@@H](Cn1nccn1)C(C)C. The lowest BCUT2D eigenvalue weighted by Gasteiger charge is -2.22. The number of benzene rings is 1. The second-order valence-corrected chi connectivity index (χ2v) is 7.39. The molecule has 8 heteroatoms. The normalized spacial score (nSPS) is 13.3. The van der Waals surface area contributed by atoms with Crippen LogP contribution in [0.15, 0.2) is 35.5 Å². The molecule has 2 rings (SSSR count). The Morgan fingerprint density at radius 2 is 1.91 bits per heavy atom. The highest BCUT2D eigenvalue weighted by atomic mass is 32.2. The summed E-state index contributed by atoms with van der Waals surface area (Å²) in [5.41, 5.74) is 0.848. The lowest BCUT2D eigenvalue weighted by atomic mass is 10.1. The maximum atomic E-state index is 12.8. The second kappa shape index (κ2) is 7.10. The van der Waals surface area contributed by atoms with E-state index in [0.717, 1.165) is 5.56 Å². The Hall–Kier alpha value is -1.93. The number of nitrogens with one attached hydrogen (secondary N) is 1. The molecule has 0 bridgehead atoms. The molecule has 126 valence electrons. The van der Waals surface area contributed by atoms with Gasteiger partial charge in [0.2, 0.25) is 10.0 Å². The van der Waals surface area contributed by atoms with E-state index in [-0.39, 0.29) is 16.9 Å². The van der Waals surface area contributed by atoms with Crippen molar-refractivity contribution in [3.05, 3.63) is 36.2 Å². The molecule has 2 aromatic rings. The van der Waals surface area contributed by atoms with Crippen LogP contribution in [-0.2, 0) is 16.6 Å². The number of sulfonamides is 1. The van der Waals surface area contributed by atoms with Crippen LogP contribution in [0.5, 0.6) is 5.75 Å². The number of ether oxygens (including phenoxy) is 1. The minimum Gasteiger partial charge on any atom is -0.495 e. The Morgan fingerprint density at radius 1 is 1.26 bits per heavy atom. The van der Waals surface area contributed by atoms with Crippen LogP contribution in [0.3, 0.4) is 0 Å². The molecule has 0 radical (unpaired) electrons. The fourth-order valence-electron chi connectivity index (χ4n) is 2.15. The van der Waals surface area contributed by atoms with Gasteiger partial charge in [-0.1, -0.05) is 19.9 Å². The van der Waals surface area contributed by atoms with Gasteiger partial charge in [0.05, 0.1) is 26.0 Å². The van der Waals surface area contributed by atoms with E-state index >= 15 is 0 Å². The zero-order valence-electron chi connectivity index (χ0n) is 13.7. The second-order valence-electron chi connectivity index (χ2n) is 5.71. The summed E-state index contributed by atoms with van der Waals surface area (Å²) in [6, 6.07) is 4.73. The number of aryl methyl sites for hydroxylation is 1. The van der Waals surface area contributed by atoms with Gasteiger partial charge in [0.25, 0.3) is 0 Å². The molecule has 0 amide bonds.